The molecule has 6 nitrogen and oxygen atoms in total. The van der Waals surface area contributed by atoms with Crippen LogP contribution in [0.4, 0.5) is 4.39 Å². The molecule has 2 aromatic heterocycles. The van der Waals surface area contributed by atoms with Crippen LogP contribution in [0, 0.1) is 5.82 Å². The molecular formula is C16H15FN4O2S. The topological polar surface area (TPSA) is 72.7 Å². The highest BCUT2D eigenvalue weighted by atomic mass is 32.2. The number of thioether (sulfide) groups is 1. The van der Waals surface area contributed by atoms with E-state index in [9.17, 15) is 14.0 Å². The first kappa shape index (κ1) is 16.3. The van der Waals surface area contributed by atoms with Crippen LogP contribution in [-0.4, -0.2) is 19.1 Å². The molecule has 1 aromatic carbocycles. The maximum absolute atomic E-state index is 13.0. The molecule has 1 N–H and O–H groups in total. The van der Waals surface area contributed by atoms with Crippen LogP contribution in [0.5, 0.6) is 0 Å². The molecule has 2 heterocycles. The molecule has 0 spiro atoms. The lowest BCUT2D eigenvalue weighted by Crippen LogP contribution is -2.37. The van der Waals surface area contributed by atoms with Crippen LogP contribution in [0.1, 0.15) is 5.69 Å². The fourth-order valence-corrected chi connectivity index (χ4v) is 3.08. The molecule has 0 aliphatic heterocycles. The van der Waals surface area contributed by atoms with E-state index in [2.05, 4.69) is 9.97 Å². The lowest BCUT2D eigenvalue weighted by atomic mass is 10.2. The van der Waals surface area contributed by atoms with Gasteiger partial charge in [0.1, 0.15) is 5.82 Å². The molecule has 0 radical (unpaired) electrons. The molecule has 124 valence electrons. The second-order valence-electron chi connectivity index (χ2n) is 5.27. The van der Waals surface area contributed by atoms with Crippen molar-refractivity contribution in [3.05, 3.63) is 68.9 Å². The van der Waals surface area contributed by atoms with Gasteiger partial charge in [0.15, 0.2) is 5.16 Å². The number of nitrogens with zero attached hydrogens (tertiary/aromatic N) is 3. The van der Waals surface area contributed by atoms with Gasteiger partial charge >= 0.3 is 5.69 Å². The van der Waals surface area contributed by atoms with Gasteiger partial charge in [0, 0.05) is 31.6 Å². The summed E-state index contributed by atoms with van der Waals surface area (Å²) in [5.74, 6) is 0.137. The third-order valence-electron chi connectivity index (χ3n) is 3.69. The SMILES string of the molecule is Cn1c(CSc2ncc(-c3ccc(F)cc3)[nH]2)cc(=O)n(C)c1=O. The Morgan fingerprint density at radius 2 is 1.88 bits per heavy atom. The number of aromatic nitrogens is 4. The van der Waals surface area contributed by atoms with Crippen LogP contribution < -0.4 is 11.2 Å². The van der Waals surface area contributed by atoms with Crippen molar-refractivity contribution in [1.29, 1.82) is 0 Å². The maximum Gasteiger partial charge on any atom is 0.330 e. The number of nitrogens with one attached hydrogen (secondary N) is 1. The van der Waals surface area contributed by atoms with E-state index < -0.39 is 0 Å². The molecule has 0 unspecified atom stereocenters. The monoisotopic (exact) mass is 346 g/mol. The van der Waals surface area contributed by atoms with E-state index in [0.29, 0.717) is 16.6 Å². The quantitative estimate of drug-likeness (QED) is 0.733. The number of hydrogen-bond acceptors (Lipinski definition) is 4. The lowest BCUT2D eigenvalue weighted by molar-refractivity contribution is 0.628. The zero-order chi connectivity index (χ0) is 17.3. The zero-order valence-corrected chi connectivity index (χ0v) is 13.9. The van der Waals surface area contributed by atoms with Crippen molar-refractivity contribution >= 4 is 11.8 Å². The molecule has 3 aromatic rings. The van der Waals surface area contributed by atoms with Crippen LogP contribution in [0.3, 0.4) is 0 Å². The van der Waals surface area contributed by atoms with Gasteiger partial charge in [-0.2, -0.15) is 0 Å². The summed E-state index contributed by atoms with van der Waals surface area (Å²) in [4.78, 5) is 31.0. The second kappa shape index (κ2) is 6.48. The second-order valence-corrected chi connectivity index (χ2v) is 6.24. The van der Waals surface area contributed by atoms with Gasteiger partial charge in [0.2, 0.25) is 0 Å². The van der Waals surface area contributed by atoms with Gasteiger partial charge in [-0.05, 0) is 29.8 Å². The highest BCUT2D eigenvalue weighted by Crippen LogP contribution is 2.23. The van der Waals surface area contributed by atoms with Gasteiger partial charge in [-0.3, -0.25) is 13.9 Å². The first-order valence-electron chi connectivity index (χ1n) is 7.15. The van der Waals surface area contributed by atoms with E-state index >= 15 is 0 Å². The molecule has 0 fully saturated rings. The molecule has 0 aliphatic carbocycles. The Morgan fingerprint density at radius 3 is 2.58 bits per heavy atom. The lowest BCUT2D eigenvalue weighted by Gasteiger charge is -2.08. The predicted octanol–water partition coefficient (Wildman–Crippen LogP) is 1.91. The third-order valence-corrected chi connectivity index (χ3v) is 4.61. The summed E-state index contributed by atoms with van der Waals surface area (Å²) in [5, 5.41) is 0.655. The summed E-state index contributed by atoms with van der Waals surface area (Å²) in [6, 6.07) is 7.55. The van der Waals surface area contributed by atoms with Gasteiger partial charge in [-0.25, -0.2) is 14.2 Å². The van der Waals surface area contributed by atoms with Gasteiger partial charge in [0.05, 0.1) is 11.9 Å². The van der Waals surface area contributed by atoms with Crippen molar-refractivity contribution in [1.82, 2.24) is 19.1 Å². The maximum atomic E-state index is 13.0. The van der Waals surface area contributed by atoms with Gasteiger partial charge in [0.25, 0.3) is 5.56 Å². The number of hydrogen-bond donors (Lipinski definition) is 1. The van der Waals surface area contributed by atoms with Gasteiger partial charge in [-0.1, -0.05) is 11.8 Å². The number of benzene rings is 1. The van der Waals surface area contributed by atoms with E-state index in [1.807, 2.05) is 0 Å². The summed E-state index contributed by atoms with van der Waals surface area (Å²) in [6.45, 7) is 0. The molecule has 0 amide bonds. The van der Waals surface area contributed by atoms with E-state index in [4.69, 9.17) is 0 Å². The first-order chi connectivity index (χ1) is 11.5. The number of imidazole rings is 1. The van der Waals surface area contributed by atoms with Crippen molar-refractivity contribution < 1.29 is 4.39 Å². The van der Waals surface area contributed by atoms with E-state index in [0.717, 1.165) is 15.8 Å². The van der Waals surface area contributed by atoms with E-state index in [1.165, 1.54) is 41.6 Å². The molecule has 0 atom stereocenters. The van der Waals surface area contributed by atoms with Crippen molar-refractivity contribution in [3.8, 4) is 11.3 Å². The Bertz CT molecular complexity index is 989. The summed E-state index contributed by atoms with van der Waals surface area (Å²) >= 11 is 1.38. The minimum Gasteiger partial charge on any atom is -0.333 e. The first-order valence-corrected chi connectivity index (χ1v) is 8.14. The summed E-state index contributed by atoms with van der Waals surface area (Å²) in [6.07, 6.45) is 1.67. The van der Waals surface area contributed by atoms with Gasteiger partial charge < -0.3 is 4.98 Å². The average molecular weight is 346 g/mol. The largest absolute Gasteiger partial charge is 0.333 e. The highest BCUT2D eigenvalue weighted by molar-refractivity contribution is 7.98. The molecule has 3 rings (SSSR count). The number of halogens is 1. The van der Waals surface area contributed by atoms with Crippen molar-refractivity contribution in [2.75, 3.05) is 0 Å². The Kier molecular flexibility index (Phi) is 4.39. The normalized spacial score (nSPS) is 11.0. The van der Waals surface area contributed by atoms with Crippen LogP contribution in [0.25, 0.3) is 11.3 Å². The van der Waals surface area contributed by atoms with E-state index in [-0.39, 0.29) is 17.1 Å². The highest BCUT2D eigenvalue weighted by Gasteiger charge is 2.09. The third kappa shape index (κ3) is 3.18. The Labute approximate surface area is 141 Å². The van der Waals surface area contributed by atoms with Crippen LogP contribution in [0.15, 0.2) is 51.3 Å². The summed E-state index contributed by atoms with van der Waals surface area (Å²) in [5.41, 5.74) is 1.53. The molecule has 0 saturated carbocycles. The Morgan fingerprint density at radius 1 is 1.17 bits per heavy atom. The molecule has 0 bridgehead atoms. The summed E-state index contributed by atoms with van der Waals surface area (Å²) in [7, 11) is 3.08. The molecular weight excluding hydrogens is 331 g/mol. The average Bonchev–Trinajstić information content (AvgIpc) is 3.04. The van der Waals surface area contributed by atoms with Crippen molar-refractivity contribution in [2.24, 2.45) is 14.1 Å². The minimum absolute atomic E-state index is 0.292. The van der Waals surface area contributed by atoms with E-state index in [1.54, 1.807) is 25.4 Å². The Balaban J connectivity index is 1.78. The minimum atomic E-state index is -0.357. The van der Waals surface area contributed by atoms with Crippen LogP contribution >= 0.6 is 11.8 Å². The smallest absolute Gasteiger partial charge is 0.330 e. The predicted molar refractivity (Wildman–Crippen MR) is 90.5 cm³/mol. The van der Waals surface area contributed by atoms with Crippen molar-refractivity contribution in [2.45, 2.75) is 10.9 Å². The Hall–Kier alpha value is -2.61. The number of rotatable bonds is 4. The van der Waals surface area contributed by atoms with Gasteiger partial charge in [-0.15, -0.1) is 0 Å². The number of aromatic amines is 1. The fraction of sp³-hybridized carbons (Fsp3) is 0.188. The fourth-order valence-electron chi connectivity index (χ4n) is 2.21. The molecule has 0 aliphatic rings. The van der Waals surface area contributed by atoms with Crippen LogP contribution in [-0.2, 0) is 19.8 Å². The number of H-pyrrole nitrogens is 1. The van der Waals surface area contributed by atoms with Crippen LogP contribution in [0.2, 0.25) is 0 Å². The molecule has 8 heteroatoms. The zero-order valence-electron chi connectivity index (χ0n) is 13.1. The molecule has 24 heavy (non-hydrogen) atoms. The summed E-state index contributed by atoms with van der Waals surface area (Å²) < 4.78 is 15.5. The standard InChI is InChI=1S/C16H15FN4O2S/c1-20-12(7-14(22)21(2)16(20)23)9-24-15-18-8-13(19-15)10-3-5-11(17)6-4-10/h3-8H,9H2,1-2H3,(H,18,19). The van der Waals surface area contributed by atoms with Crippen molar-refractivity contribution in [3.63, 3.8) is 0 Å². The molecule has 0 saturated heterocycles.